The van der Waals surface area contributed by atoms with Gasteiger partial charge in [0.15, 0.2) is 0 Å². The van der Waals surface area contributed by atoms with Crippen LogP contribution in [0.1, 0.15) is 13.8 Å². The van der Waals surface area contributed by atoms with Crippen LogP contribution in [-0.2, 0) is 0 Å². The van der Waals surface area contributed by atoms with Gasteiger partial charge in [-0.25, -0.2) is 15.0 Å². The van der Waals surface area contributed by atoms with Gasteiger partial charge in [-0.15, -0.1) is 0 Å². The lowest BCUT2D eigenvalue weighted by Gasteiger charge is -2.09. The molecule has 0 unspecified atom stereocenters. The third-order valence-corrected chi connectivity index (χ3v) is 2.93. The van der Waals surface area contributed by atoms with Crippen LogP contribution in [0.4, 0.5) is 0 Å². The zero-order valence-corrected chi connectivity index (χ0v) is 11.9. The molecule has 0 bridgehead atoms. The average Bonchev–Trinajstić information content (AvgIpc) is 2.81. The fourth-order valence-corrected chi connectivity index (χ4v) is 2.12. The summed E-state index contributed by atoms with van der Waals surface area (Å²) in [5, 5.41) is 0.220. The van der Waals surface area contributed by atoms with Crippen molar-refractivity contribution in [2.45, 2.75) is 20.0 Å². The highest BCUT2D eigenvalue weighted by Gasteiger charge is 2.09. The predicted octanol–water partition coefficient (Wildman–Crippen LogP) is 3.23. The molecule has 3 aromatic heterocycles. The van der Waals surface area contributed by atoms with E-state index in [1.54, 1.807) is 18.5 Å². The van der Waals surface area contributed by atoms with E-state index in [0.717, 1.165) is 22.8 Å². The predicted molar refractivity (Wildman–Crippen MR) is 77.0 cm³/mol. The van der Waals surface area contributed by atoms with Crippen LogP contribution in [0.3, 0.4) is 0 Å². The number of ether oxygens (including phenoxy) is 1. The first-order chi connectivity index (χ1) is 9.63. The summed E-state index contributed by atoms with van der Waals surface area (Å²) in [5.74, 6) is 0.797. The third kappa shape index (κ3) is 2.44. The summed E-state index contributed by atoms with van der Waals surface area (Å²) in [6, 6.07) is 5.60. The van der Waals surface area contributed by atoms with Crippen LogP contribution in [0.2, 0.25) is 5.28 Å². The highest BCUT2D eigenvalue weighted by atomic mass is 35.5. The van der Waals surface area contributed by atoms with E-state index < -0.39 is 0 Å². The minimum absolute atomic E-state index is 0.132. The standard InChI is InChI=1S/C14H13ClN4O/c1-9(2)20-10-4-6-19-12(8-17-13(19)7-10)11-3-5-16-14(15)18-11/h3-9H,1-2H3. The Bertz CT molecular complexity index is 754. The van der Waals surface area contributed by atoms with Gasteiger partial charge in [-0.2, -0.15) is 0 Å². The molecule has 3 aromatic rings. The summed E-state index contributed by atoms with van der Waals surface area (Å²) < 4.78 is 7.59. The Morgan fingerprint density at radius 1 is 1.25 bits per heavy atom. The molecule has 6 heteroatoms. The minimum Gasteiger partial charge on any atom is -0.491 e. The average molecular weight is 289 g/mol. The highest BCUT2D eigenvalue weighted by molar-refractivity contribution is 6.28. The first-order valence-electron chi connectivity index (χ1n) is 6.26. The van der Waals surface area contributed by atoms with Crippen molar-refractivity contribution in [1.82, 2.24) is 19.4 Å². The summed E-state index contributed by atoms with van der Waals surface area (Å²) in [5.41, 5.74) is 2.39. The van der Waals surface area contributed by atoms with Gasteiger partial charge >= 0.3 is 0 Å². The molecule has 0 aliphatic carbocycles. The highest BCUT2D eigenvalue weighted by Crippen LogP contribution is 2.22. The Morgan fingerprint density at radius 2 is 2.10 bits per heavy atom. The molecule has 0 atom stereocenters. The number of aromatic nitrogens is 4. The van der Waals surface area contributed by atoms with Crippen LogP contribution >= 0.6 is 11.6 Å². The zero-order valence-electron chi connectivity index (χ0n) is 11.1. The maximum atomic E-state index is 5.82. The number of hydrogen-bond donors (Lipinski definition) is 0. The van der Waals surface area contributed by atoms with E-state index in [9.17, 15) is 0 Å². The van der Waals surface area contributed by atoms with Gasteiger partial charge in [0.25, 0.3) is 0 Å². The van der Waals surface area contributed by atoms with Gasteiger partial charge in [0.05, 0.1) is 23.7 Å². The van der Waals surface area contributed by atoms with E-state index in [4.69, 9.17) is 16.3 Å². The van der Waals surface area contributed by atoms with Crippen molar-refractivity contribution >= 4 is 17.2 Å². The monoisotopic (exact) mass is 288 g/mol. The van der Waals surface area contributed by atoms with Crippen LogP contribution < -0.4 is 4.74 Å². The molecule has 0 spiro atoms. The van der Waals surface area contributed by atoms with Crippen LogP contribution in [0.15, 0.2) is 36.8 Å². The van der Waals surface area contributed by atoms with Gasteiger partial charge in [-0.3, -0.25) is 4.40 Å². The number of hydrogen-bond acceptors (Lipinski definition) is 4. The maximum absolute atomic E-state index is 5.82. The zero-order chi connectivity index (χ0) is 14.1. The van der Waals surface area contributed by atoms with Crippen LogP contribution in [-0.4, -0.2) is 25.5 Å². The summed E-state index contributed by atoms with van der Waals surface area (Å²) in [6.07, 6.45) is 5.42. The van der Waals surface area contributed by atoms with Crippen molar-refractivity contribution in [3.8, 4) is 17.1 Å². The lowest BCUT2D eigenvalue weighted by Crippen LogP contribution is -2.05. The first-order valence-corrected chi connectivity index (χ1v) is 6.64. The van der Waals surface area contributed by atoms with Gasteiger partial charge in [0, 0.05) is 18.5 Å². The first kappa shape index (κ1) is 12.9. The Balaban J connectivity index is 2.06. The topological polar surface area (TPSA) is 52.3 Å². The van der Waals surface area contributed by atoms with E-state index in [-0.39, 0.29) is 11.4 Å². The second-order valence-electron chi connectivity index (χ2n) is 4.61. The van der Waals surface area contributed by atoms with Gasteiger partial charge in [-0.1, -0.05) is 0 Å². The second-order valence-corrected chi connectivity index (χ2v) is 4.95. The summed E-state index contributed by atoms with van der Waals surface area (Å²) in [6.45, 7) is 3.98. The summed E-state index contributed by atoms with van der Waals surface area (Å²) in [4.78, 5) is 12.5. The van der Waals surface area contributed by atoms with Crippen LogP contribution in [0.5, 0.6) is 5.75 Å². The quantitative estimate of drug-likeness (QED) is 0.694. The van der Waals surface area contributed by atoms with E-state index in [2.05, 4.69) is 15.0 Å². The van der Waals surface area contributed by atoms with E-state index in [1.807, 2.05) is 36.6 Å². The Labute approximate surface area is 121 Å². The molecule has 3 heterocycles. The minimum atomic E-state index is 0.132. The molecule has 0 N–H and O–H groups in total. The van der Waals surface area contributed by atoms with Crippen LogP contribution in [0, 0.1) is 0 Å². The fraction of sp³-hybridized carbons (Fsp3) is 0.214. The lowest BCUT2D eigenvalue weighted by atomic mass is 10.3. The van der Waals surface area contributed by atoms with Crippen molar-refractivity contribution < 1.29 is 4.74 Å². The number of fused-ring (bicyclic) bond motifs is 1. The molecule has 0 aliphatic heterocycles. The van der Waals surface area contributed by atoms with Crippen molar-refractivity contribution in [1.29, 1.82) is 0 Å². The molecule has 0 radical (unpaired) electrons. The van der Waals surface area contributed by atoms with Gasteiger partial charge in [0.1, 0.15) is 11.4 Å². The van der Waals surface area contributed by atoms with Crippen LogP contribution in [0.25, 0.3) is 17.0 Å². The summed E-state index contributed by atoms with van der Waals surface area (Å²) in [7, 11) is 0. The van der Waals surface area contributed by atoms with E-state index in [0.29, 0.717) is 0 Å². The van der Waals surface area contributed by atoms with Gasteiger partial charge in [-0.05, 0) is 37.6 Å². The normalized spacial score (nSPS) is 11.2. The van der Waals surface area contributed by atoms with E-state index in [1.165, 1.54) is 0 Å². The molecular weight excluding hydrogens is 276 g/mol. The SMILES string of the molecule is CC(C)Oc1ccn2c(-c3ccnc(Cl)n3)cnc2c1. The molecule has 0 fully saturated rings. The third-order valence-electron chi connectivity index (χ3n) is 2.75. The van der Waals surface area contributed by atoms with E-state index >= 15 is 0 Å². The molecule has 0 saturated heterocycles. The molecule has 3 rings (SSSR count). The van der Waals surface area contributed by atoms with Crippen molar-refractivity contribution in [3.63, 3.8) is 0 Å². The Morgan fingerprint density at radius 3 is 2.85 bits per heavy atom. The maximum Gasteiger partial charge on any atom is 0.222 e. The number of nitrogens with zero attached hydrogens (tertiary/aromatic N) is 4. The number of imidazole rings is 1. The number of rotatable bonds is 3. The van der Waals surface area contributed by atoms with Crippen molar-refractivity contribution in [2.75, 3.05) is 0 Å². The summed E-state index contributed by atoms with van der Waals surface area (Å²) >= 11 is 5.82. The Hall–Kier alpha value is -2.14. The molecule has 102 valence electrons. The second kappa shape index (κ2) is 5.09. The molecular formula is C14H13ClN4O. The number of pyridine rings is 1. The molecule has 5 nitrogen and oxygen atoms in total. The molecule has 0 aromatic carbocycles. The van der Waals surface area contributed by atoms with Gasteiger partial charge in [0.2, 0.25) is 5.28 Å². The van der Waals surface area contributed by atoms with Gasteiger partial charge < -0.3 is 4.74 Å². The molecule has 0 saturated carbocycles. The number of halogens is 1. The van der Waals surface area contributed by atoms with Crippen molar-refractivity contribution in [3.05, 3.63) is 42.1 Å². The smallest absolute Gasteiger partial charge is 0.222 e. The molecule has 20 heavy (non-hydrogen) atoms. The molecule has 0 amide bonds. The molecule has 0 aliphatic rings. The fourth-order valence-electron chi connectivity index (χ4n) is 1.97. The lowest BCUT2D eigenvalue weighted by molar-refractivity contribution is 0.242. The Kier molecular flexibility index (Phi) is 3.28. The van der Waals surface area contributed by atoms with Crippen molar-refractivity contribution in [2.24, 2.45) is 0 Å². The largest absolute Gasteiger partial charge is 0.491 e.